The molecule has 0 bridgehead atoms. The van der Waals surface area contributed by atoms with Gasteiger partial charge in [-0.1, -0.05) is 6.92 Å². The van der Waals surface area contributed by atoms with Crippen LogP contribution in [0.2, 0.25) is 0 Å². The molecule has 0 aliphatic carbocycles. The number of hydrogen-bond donors (Lipinski definition) is 1. The van der Waals surface area contributed by atoms with Crippen molar-refractivity contribution in [3.63, 3.8) is 0 Å². The number of nitrogens with zero attached hydrogens (tertiary/aromatic N) is 4. The molecule has 0 amide bonds. The number of carbonyl (C=O) groups is 1. The fourth-order valence-corrected chi connectivity index (χ4v) is 2.98. The molecular weight excluding hydrogens is 306 g/mol. The Morgan fingerprint density at radius 3 is 2.79 bits per heavy atom. The second kappa shape index (κ2) is 9.30. The summed E-state index contributed by atoms with van der Waals surface area (Å²) in [5.41, 5.74) is 0. The van der Waals surface area contributed by atoms with Crippen LogP contribution < -0.4 is 5.32 Å². The number of esters is 1. The molecule has 7 nitrogen and oxygen atoms in total. The molecule has 0 saturated carbocycles. The molecule has 0 aromatic carbocycles. The zero-order valence-electron chi connectivity index (χ0n) is 14.9. The number of nitrogens with one attached hydrogen (secondary N) is 1. The normalized spacial score (nSPS) is 17.6. The Morgan fingerprint density at radius 2 is 2.21 bits per heavy atom. The van der Waals surface area contributed by atoms with Crippen LogP contribution in [0.4, 0.5) is 0 Å². The average Bonchev–Trinajstić information content (AvgIpc) is 3.09. The van der Waals surface area contributed by atoms with Crippen molar-refractivity contribution < 1.29 is 9.53 Å². The van der Waals surface area contributed by atoms with Crippen LogP contribution >= 0.6 is 0 Å². The molecule has 2 rings (SSSR count). The maximum Gasteiger partial charge on any atom is 0.309 e. The lowest BCUT2D eigenvalue weighted by molar-refractivity contribution is -0.149. The first-order valence-electron chi connectivity index (χ1n) is 8.73. The van der Waals surface area contributed by atoms with Crippen molar-refractivity contribution in [2.45, 2.75) is 33.2 Å². The Kier molecular flexibility index (Phi) is 7.08. The van der Waals surface area contributed by atoms with Crippen molar-refractivity contribution in [3.05, 3.63) is 18.5 Å². The van der Waals surface area contributed by atoms with Gasteiger partial charge >= 0.3 is 5.97 Å². The molecule has 7 heteroatoms. The number of aromatic nitrogens is 2. The van der Waals surface area contributed by atoms with Crippen LogP contribution in [0.3, 0.4) is 0 Å². The third-order valence-electron chi connectivity index (χ3n) is 4.29. The van der Waals surface area contributed by atoms with Gasteiger partial charge in [-0.05, 0) is 31.7 Å². The van der Waals surface area contributed by atoms with Crippen LogP contribution in [0.1, 0.15) is 26.7 Å². The predicted octanol–water partition coefficient (Wildman–Crippen LogP) is 1.37. The number of aliphatic imine (C=N–C) groups is 1. The highest BCUT2D eigenvalue weighted by Crippen LogP contribution is 2.18. The quantitative estimate of drug-likeness (QED) is 0.483. The molecule has 0 radical (unpaired) electrons. The first-order chi connectivity index (χ1) is 11.6. The molecule has 1 aliphatic heterocycles. The van der Waals surface area contributed by atoms with Crippen LogP contribution in [0, 0.1) is 11.8 Å². The molecule has 24 heavy (non-hydrogen) atoms. The first-order valence-corrected chi connectivity index (χ1v) is 8.73. The zero-order valence-corrected chi connectivity index (χ0v) is 14.9. The molecule has 1 fully saturated rings. The molecular formula is C17H29N5O2. The highest BCUT2D eigenvalue weighted by Gasteiger charge is 2.27. The lowest BCUT2D eigenvalue weighted by Crippen LogP contribution is -2.47. The maximum absolute atomic E-state index is 11.8. The van der Waals surface area contributed by atoms with Gasteiger partial charge in [-0.25, -0.2) is 0 Å². The maximum atomic E-state index is 11.8. The molecule has 2 heterocycles. The van der Waals surface area contributed by atoms with Gasteiger partial charge in [0.05, 0.1) is 12.5 Å². The van der Waals surface area contributed by atoms with Crippen molar-refractivity contribution in [2.24, 2.45) is 16.8 Å². The molecule has 1 atom stereocenters. The van der Waals surface area contributed by atoms with Gasteiger partial charge in [0.15, 0.2) is 5.96 Å². The Bertz CT molecular complexity index is 521. The van der Waals surface area contributed by atoms with E-state index < -0.39 is 0 Å². The van der Waals surface area contributed by atoms with Gasteiger partial charge < -0.3 is 15.0 Å². The highest BCUT2D eigenvalue weighted by atomic mass is 16.5. The summed E-state index contributed by atoms with van der Waals surface area (Å²) in [6.07, 6.45) is 5.42. The van der Waals surface area contributed by atoms with E-state index in [9.17, 15) is 4.79 Å². The zero-order chi connectivity index (χ0) is 17.4. The summed E-state index contributed by atoms with van der Waals surface area (Å²) in [4.78, 5) is 18.4. The van der Waals surface area contributed by atoms with E-state index in [0.29, 0.717) is 12.5 Å². The van der Waals surface area contributed by atoms with E-state index in [1.807, 2.05) is 23.9 Å². The monoisotopic (exact) mass is 335 g/mol. The van der Waals surface area contributed by atoms with Crippen LogP contribution in [0.15, 0.2) is 23.5 Å². The van der Waals surface area contributed by atoms with E-state index in [1.165, 1.54) is 0 Å². The van der Waals surface area contributed by atoms with Crippen molar-refractivity contribution in [1.29, 1.82) is 0 Å². The van der Waals surface area contributed by atoms with Gasteiger partial charge in [-0.2, -0.15) is 5.10 Å². The van der Waals surface area contributed by atoms with Crippen LogP contribution in [0.25, 0.3) is 0 Å². The van der Waals surface area contributed by atoms with Crippen molar-refractivity contribution in [3.8, 4) is 0 Å². The fraction of sp³-hybridized carbons (Fsp3) is 0.706. The van der Waals surface area contributed by atoms with Gasteiger partial charge in [-0.15, -0.1) is 0 Å². The summed E-state index contributed by atoms with van der Waals surface area (Å²) < 4.78 is 7.07. The van der Waals surface area contributed by atoms with Gasteiger partial charge in [0, 0.05) is 45.6 Å². The molecule has 1 saturated heterocycles. The molecule has 1 aromatic heterocycles. The Balaban J connectivity index is 1.75. The molecule has 0 spiro atoms. The topological polar surface area (TPSA) is 71.8 Å². The second-order valence-corrected chi connectivity index (χ2v) is 6.27. The van der Waals surface area contributed by atoms with E-state index in [0.717, 1.165) is 45.0 Å². The third-order valence-corrected chi connectivity index (χ3v) is 4.29. The predicted molar refractivity (Wildman–Crippen MR) is 93.7 cm³/mol. The number of carbonyl (C=O) groups excluding carboxylic acids is 1. The number of guanidine groups is 1. The Hall–Kier alpha value is -2.05. The smallest absolute Gasteiger partial charge is 0.309 e. The van der Waals surface area contributed by atoms with Gasteiger partial charge in [-0.3, -0.25) is 14.5 Å². The van der Waals surface area contributed by atoms with Gasteiger partial charge in [0.1, 0.15) is 0 Å². The lowest BCUT2D eigenvalue weighted by Gasteiger charge is -2.33. The fourth-order valence-electron chi connectivity index (χ4n) is 2.98. The molecule has 1 N–H and O–H groups in total. The van der Waals surface area contributed by atoms with E-state index in [4.69, 9.17) is 4.74 Å². The third kappa shape index (κ3) is 5.25. The summed E-state index contributed by atoms with van der Waals surface area (Å²) in [5.74, 6) is 1.31. The molecule has 134 valence electrons. The minimum Gasteiger partial charge on any atom is -0.466 e. The van der Waals surface area contributed by atoms with E-state index in [1.54, 1.807) is 13.2 Å². The Morgan fingerprint density at radius 1 is 1.46 bits per heavy atom. The Labute approximate surface area is 144 Å². The second-order valence-electron chi connectivity index (χ2n) is 6.27. The van der Waals surface area contributed by atoms with Crippen LogP contribution in [-0.2, 0) is 16.1 Å². The van der Waals surface area contributed by atoms with Crippen LogP contribution in [0.5, 0.6) is 0 Å². The standard InChI is InChI=1S/C17H29N5O2/c1-4-24-16(23)15-6-10-21(11-7-15)17(18-3)19-12-14(2)13-22-9-5-8-20-22/h5,8-9,14-15H,4,6-7,10-13H2,1-3H3,(H,18,19). The highest BCUT2D eigenvalue weighted by molar-refractivity contribution is 5.80. The van der Waals surface area contributed by atoms with E-state index in [2.05, 4.69) is 27.2 Å². The van der Waals surface area contributed by atoms with Crippen molar-refractivity contribution in [1.82, 2.24) is 20.0 Å². The van der Waals surface area contributed by atoms with E-state index in [-0.39, 0.29) is 11.9 Å². The minimum absolute atomic E-state index is 0.0260. The van der Waals surface area contributed by atoms with Crippen LogP contribution in [-0.4, -0.2) is 59.9 Å². The van der Waals surface area contributed by atoms with Crippen molar-refractivity contribution in [2.75, 3.05) is 33.3 Å². The summed E-state index contributed by atoms with van der Waals surface area (Å²) in [7, 11) is 1.80. The SMILES string of the molecule is CCOC(=O)C1CCN(C(=NC)NCC(C)Cn2cccn2)CC1. The van der Waals surface area contributed by atoms with E-state index >= 15 is 0 Å². The number of rotatable bonds is 6. The molecule has 1 aliphatic rings. The summed E-state index contributed by atoms with van der Waals surface area (Å²) >= 11 is 0. The summed E-state index contributed by atoms with van der Waals surface area (Å²) in [6, 6.07) is 1.94. The summed E-state index contributed by atoms with van der Waals surface area (Å²) in [5, 5.41) is 7.68. The lowest BCUT2D eigenvalue weighted by atomic mass is 9.97. The van der Waals surface area contributed by atoms with Gasteiger partial charge in [0.2, 0.25) is 0 Å². The summed E-state index contributed by atoms with van der Waals surface area (Å²) in [6.45, 7) is 7.87. The van der Waals surface area contributed by atoms with Gasteiger partial charge in [0.25, 0.3) is 0 Å². The largest absolute Gasteiger partial charge is 0.466 e. The number of piperidine rings is 1. The number of likely N-dealkylation sites (tertiary alicyclic amines) is 1. The number of ether oxygens (including phenoxy) is 1. The molecule has 1 aromatic rings. The minimum atomic E-state index is -0.0621. The van der Waals surface area contributed by atoms with Crippen molar-refractivity contribution >= 4 is 11.9 Å². The number of hydrogen-bond acceptors (Lipinski definition) is 4. The first kappa shape index (κ1) is 18.3. The average molecular weight is 335 g/mol. The molecule has 1 unspecified atom stereocenters.